The molecule has 1 aliphatic rings. The van der Waals surface area contributed by atoms with Gasteiger partial charge < -0.3 is 9.47 Å². The van der Waals surface area contributed by atoms with Crippen LogP contribution in [0, 0.1) is 11.3 Å². The molecule has 1 aliphatic heterocycles. The zero-order chi connectivity index (χ0) is 13.3. The van der Waals surface area contributed by atoms with Crippen molar-refractivity contribution >= 4 is 11.9 Å². The molecule has 0 N–H and O–H groups in total. The van der Waals surface area contributed by atoms with Gasteiger partial charge in [-0.05, 0) is 34.1 Å². The molecular formula is C13H22O4. The lowest BCUT2D eigenvalue weighted by Crippen LogP contribution is -2.41. The van der Waals surface area contributed by atoms with E-state index in [9.17, 15) is 9.59 Å². The highest BCUT2D eigenvalue weighted by molar-refractivity contribution is 5.76. The second kappa shape index (κ2) is 4.67. The minimum absolute atomic E-state index is 0.0494. The summed E-state index contributed by atoms with van der Waals surface area (Å²) in [7, 11) is 0. The number of hydrogen-bond donors (Lipinski definition) is 0. The Kier molecular flexibility index (Phi) is 3.84. The average molecular weight is 242 g/mol. The van der Waals surface area contributed by atoms with Crippen LogP contribution in [-0.4, -0.2) is 24.1 Å². The smallest absolute Gasteiger partial charge is 0.312 e. The first-order valence-electron chi connectivity index (χ1n) is 6.08. The third kappa shape index (κ3) is 3.20. The van der Waals surface area contributed by atoms with Crippen molar-refractivity contribution in [1.82, 2.24) is 0 Å². The summed E-state index contributed by atoms with van der Waals surface area (Å²) in [5.74, 6) is -0.482. The molecule has 0 aliphatic carbocycles. The van der Waals surface area contributed by atoms with Gasteiger partial charge in [-0.2, -0.15) is 0 Å². The van der Waals surface area contributed by atoms with Gasteiger partial charge in [-0.25, -0.2) is 0 Å². The van der Waals surface area contributed by atoms with Crippen LogP contribution in [-0.2, 0) is 19.1 Å². The van der Waals surface area contributed by atoms with Crippen LogP contribution in [0.4, 0.5) is 0 Å². The highest BCUT2D eigenvalue weighted by atomic mass is 16.6. The Morgan fingerprint density at radius 2 is 2.00 bits per heavy atom. The molecular weight excluding hydrogens is 220 g/mol. The molecule has 4 heteroatoms. The van der Waals surface area contributed by atoms with Gasteiger partial charge in [0.1, 0.15) is 5.60 Å². The Bertz CT molecular complexity index is 317. The summed E-state index contributed by atoms with van der Waals surface area (Å²) < 4.78 is 10.5. The predicted octanol–water partition coefficient (Wildman–Crippen LogP) is 2.31. The molecule has 17 heavy (non-hydrogen) atoms. The number of carbonyl (C=O) groups is 2. The lowest BCUT2D eigenvalue weighted by Gasteiger charge is -2.33. The fourth-order valence-electron chi connectivity index (χ4n) is 1.56. The predicted molar refractivity (Wildman–Crippen MR) is 63.3 cm³/mol. The van der Waals surface area contributed by atoms with Crippen LogP contribution in [0.2, 0.25) is 0 Å². The summed E-state index contributed by atoms with van der Waals surface area (Å²) in [6.07, 6.45) is 1.05. The Labute approximate surface area is 103 Å². The van der Waals surface area contributed by atoms with Gasteiger partial charge in [0, 0.05) is 5.92 Å². The number of cyclic esters (lactones) is 1. The molecule has 98 valence electrons. The van der Waals surface area contributed by atoms with Crippen molar-refractivity contribution in [2.24, 2.45) is 11.3 Å². The molecule has 1 heterocycles. The molecule has 0 saturated carbocycles. The number of hydrogen-bond acceptors (Lipinski definition) is 4. The summed E-state index contributed by atoms with van der Waals surface area (Å²) in [6.45, 7) is 9.69. The Morgan fingerprint density at radius 3 is 2.41 bits per heavy atom. The van der Waals surface area contributed by atoms with Gasteiger partial charge in [-0.15, -0.1) is 0 Å². The molecule has 1 saturated heterocycles. The molecule has 4 nitrogen and oxygen atoms in total. The third-order valence-electron chi connectivity index (χ3n) is 3.63. The van der Waals surface area contributed by atoms with E-state index < -0.39 is 11.0 Å². The monoisotopic (exact) mass is 242 g/mol. The molecule has 0 bridgehead atoms. The molecule has 0 radical (unpaired) electrons. The van der Waals surface area contributed by atoms with E-state index in [4.69, 9.17) is 9.47 Å². The second-order valence-electron chi connectivity index (χ2n) is 5.81. The first-order valence-corrected chi connectivity index (χ1v) is 6.08. The van der Waals surface area contributed by atoms with E-state index in [2.05, 4.69) is 0 Å². The largest absolute Gasteiger partial charge is 0.465 e. The SMILES string of the molecule is CCC(C)(C)C(=O)OC(C)(C)C1COC(=O)C1. The van der Waals surface area contributed by atoms with Crippen molar-refractivity contribution in [1.29, 1.82) is 0 Å². The van der Waals surface area contributed by atoms with Gasteiger partial charge in [0.2, 0.25) is 0 Å². The van der Waals surface area contributed by atoms with Crippen LogP contribution in [0.3, 0.4) is 0 Å². The lowest BCUT2D eigenvalue weighted by molar-refractivity contribution is -0.172. The van der Waals surface area contributed by atoms with Gasteiger partial charge >= 0.3 is 11.9 Å². The average Bonchev–Trinajstić information content (AvgIpc) is 2.65. The summed E-state index contributed by atoms with van der Waals surface area (Å²) in [5, 5.41) is 0. The van der Waals surface area contributed by atoms with E-state index in [1.54, 1.807) is 0 Å². The van der Waals surface area contributed by atoms with Gasteiger partial charge in [-0.1, -0.05) is 6.92 Å². The fourth-order valence-corrected chi connectivity index (χ4v) is 1.56. The third-order valence-corrected chi connectivity index (χ3v) is 3.63. The van der Waals surface area contributed by atoms with Crippen molar-refractivity contribution in [3.05, 3.63) is 0 Å². The van der Waals surface area contributed by atoms with Crippen LogP contribution >= 0.6 is 0 Å². The van der Waals surface area contributed by atoms with E-state index in [-0.39, 0.29) is 17.9 Å². The minimum atomic E-state index is -0.657. The molecule has 1 rings (SSSR count). The maximum Gasteiger partial charge on any atom is 0.312 e. The van der Waals surface area contributed by atoms with Gasteiger partial charge in [0.25, 0.3) is 0 Å². The van der Waals surface area contributed by atoms with Crippen LogP contribution in [0.25, 0.3) is 0 Å². The Morgan fingerprint density at radius 1 is 1.41 bits per heavy atom. The van der Waals surface area contributed by atoms with E-state index in [0.29, 0.717) is 13.0 Å². The molecule has 0 amide bonds. The van der Waals surface area contributed by atoms with Crippen LogP contribution in [0.5, 0.6) is 0 Å². The number of carbonyl (C=O) groups excluding carboxylic acids is 2. The zero-order valence-corrected chi connectivity index (χ0v) is 11.3. The fraction of sp³-hybridized carbons (Fsp3) is 0.846. The molecule has 0 aromatic carbocycles. The summed E-state index contributed by atoms with van der Waals surface area (Å²) in [4.78, 5) is 23.1. The summed E-state index contributed by atoms with van der Waals surface area (Å²) in [6, 6.07) is 0. The number of esters is 2. The number of rotatable bonds is 4. The van der Waals surface area contributed by atoms with E-state index in [1.165, 1.54) is 0 Å². The topological polar surface area (TPSA) is 52.6 Å². The minimum Gasteiger partial charge on any atom is -0.465 e. The molecule has 1 unspecified atom stereocenters. The van der Waals surface area contributed by atoms with E-state index in [1.807, 2.05) is 34.6 Å². The van der Waals surface area contributed by atoms with Gasteiger partial charge in [0.05, 0.1) is 18.4 Å². The first kappa shape index (κ1) is 14.0. The maximum absolute atomic E-state index is 12.0. The van der Waals surface area contributed by atoms with Crippen molar-refractivity contribution in [3.8, 4) is 0 Å². The summed E-state index contributed by atoms with van der Waals surface area (Å²) >= 11 is 0. The molecule has 0 spiro atoms. The lowest BCUT2D eigenvalue weighted by atomic mass is 9.87. The Hall–Kier alpha value is -1.06. The van der Waals surface area contributed by atoms with Crippen LogP contribution in [0.1, 0.15) is 47.5 Å². The highest BCUT2D eigenvalue weighted by Gasteiger charge is 2.42. The van der Waals surface area contributed by atoms with Crippen LogP contribution < -0.4 is 0 Å². The maximum atomic E-state index is 12.0. The molecule has 1 atom stereocenters. The van der Waals surface area contributed by atoms with Crippen LogP contribution in [0.15, 0.2) is 0 Å². The van der Waals surface area contributed by atoms with Gasteiger partial charge in [-0.3, -0.25) is 9.59 Å². The van der Waals surface area contributed by atoms with Crippen molar-refractivity contribution < 1.29 is 19.1 Å². The molecule has 0 aromatic heterocycles. The van der Waals surface area contributed by atoms with Crippen molar-refractivity contribution in [2.75, 3.05) is 6.61 Å². The summed E-state index contributed by atoms with van der Waals surface area (Å²) in [5.41, 5.74) is -1.14. The zero-order valence-electron chi connectivity index (χ0n) is 11.3. The van der Waals surface area contributed by atoms with E-state index >= 15 is 0 Å². The highest BCUT2D eigenvalue weighted by Crippen LogP contribution is 2.32. The second-order valence-corrected chi connectivity index (χ2v) is 5.81. The molecule has 1 fully saturated rings. The van der Waals surface area contributed by atoms with Crippen molar-refractivity contribution in [3.63, 3.8) is 0 Å². The quantitative estimate of drug-likeness (QED) is 0.710. The van der Waals surface area contributed by atoms with E-state index in [0.717, 1.165) is 6.42 Å². The molecule has 0 aromatic rings. The van der Waals surface area contributed by atoms with Crippen molar-refractivity contribution in [2.45, 2.75) is 53.1 Å². The normalized spacial score (nSPS) is 21.2. The number of ether oxygens (including phenoxy) is 2. The standard InChI is InChI=1S/C13H22O4/c1-6-12(2,3)11(15)17-13(4,5)9-7-10(14)16-8-9/h9H,6-8H2,1-5H3. The first-order chi connectivity index (χ1) is 7.69. The Balaban J connectivity index is 2.66. The van der Waals surface area contributed by atoms with Gasteiger partial charge in [0.15, 0.2) is 0 Å².